The smallest absolute Gasteiger partial charge is 0.406 e. The first-order valence-corrected chi connectivity index (χ1v) is 9.10. The molecule has 0 radical (unpaired) electrons. The van der Waals surface area contributed by atoms with Crippen LogP contribution in [0.1, 0.15) is 11.8 Å². The van der Waals surface area contributed by atoms with Crippen LogP contribution in [0.2, 0.25) is 0 Å². The molecular weight excluding hydrogens is 423 g/mol. The van der Waals surface area contributed by atoms with E-state index in [1.165, 1.54) is 41.5 Å². The van der Waals surface area contributed by atoms with Crippen molar-refractivity contribution in [1.29, 1.82) is 0 Å². The third-order valence-corrected chi connectivity index (χ3v) is 4.71. The van der Waals surface area contributed by atoms with Crippen molar-refractivity contribution in [3.05, 3.63) is 42.5 Å². The van der Waals surface area contributed by atoms with E-state index in [1.807, 2.05) is 0 Å². The van der Waals surface area contributed by atoms with Crippen molar-refractivity contribution < 1.29 is 37.6 Å². The number of ether oxygens (including phenoxy) is 3. The average molecular weight is 441 g/mol. The molecule has 10 nitrogen and oxygen atoms in total. The summed E-state index contributed by atoms with van der Waals surface area (Å²) >= 11 is 0. The molecule has 1 aliphatic heterocycles. The van der Waals surface area contributed by atoms with Gasteiger partial charge in [-0.05, 0) is 17.7 Å². The second kappa shape index (κ2) is 8.26. The van der Waals surface area contributed by atoms with E-state index < -0.39 is 30.9 Å². The largest absolute Gasteiger partial charge is 0.573 e. The fourth-order valence-corrected chi connectivity index (χ4v) is 3.23. The number of rotatable bonds is 6. The molecule has 0 amide bonds. The number of aromatic nitrogens is 4. The normalized spacial score (nSPS) is 24.0. The van der Waals surface area contributed by atoms with E-state index in [1.54, 1.807) is 0 Å². The highest BCUT2D eigenvalue weighted by Crippen LogP contribution is 2.32. The van der Waals surface area contributed by atoms with Crippen LogP contribution in [0.4, 0.5) is 19.0 Å². The van der Waals surface area contributed by atoms with E-state index in [0.717, 1.165) is 0 Å². The van der Waals surface area contributed by atoms with Gasteiger partial charge in [0.25, 0.3) is 0 Å². The van der Waals surface area contributed by atoms with Gasteiger partial charge in [0.05, 0.1) is 19.5 Å². The summed E-state index contributed by atoms with van der Waals surface area (Å²) in [6, 6.07) is 5.19. The lowest BCUT2D eigenvalue weighted by molar-refractivity contribution is -0.274. The molecule has 0 unspecified atom stereocenters. The summed E-state index contributed by atoms with van der Waals surface area (Å²) in [5.74, 6) is -0.169. The number of alkyl halides is 3. The highest BCUT2D eigenvalue weighted by Gasteiger charge is 2.44. The quantitative estimate of drug-likeness (QED) is 0.514. The van der Waals surface area contributed by atoms with E-state index >= 15 is 0 Å². The summed E-state index contributed by atoms with van der Waals surface area (Å²) in [5.41, 5.74) is 7.02. The summed E-state index contributed by atoms with van der Waals surface area (Å²) in [4.78, 5) is 12.0. The molecule has 3 aromatic rings. The Morgan fingerprint density at radius 2 is 1.84 bits per heavy atom. The number of nitrogen functional groups attached to an aromatic ring is 1. The molecule has 1 aromatic carbocycles. The number of nitrogens with two attached hydrogens (primary N) is 1. The second-order valence-electron chi connectivity index (χ2n) is 6.84. The van der Waals surface area contributed by atoms with E-state index in [0.29, 0.717) is 16.7 Å². The monoisotopic (exact) mass is 441 g/mol. The molecule has 166 valence electrons. The lowest BCUT2D eigenvalue weighted by Crippen LogP contribution is -2.33. The van der Waals surface area contributed by atoms with Gasteiger partial charge in [0.2, 0.25) is 0 Å². The van der Waals surface area contributed by atoms with Crippen LogP contribution in [0.15, 0.2) is 36.9 Å². The number of halogens is 3. The van der Waals surface area contributed by atoms with Crippen molar-refractivity contribution in [2.75, 3.05) is 12.3 Å². The molecule has 1 fully saturated rings. The van der Waals surface area contributed by atoms with Gasteiger partial charge < -0.3 is 30.2 Å². The Bertz CT molecular complexity index is 1050. The third kappa shape index (κ3) is 4.54. The highest BCUT2D eigenvalue weighted by molar-refractivity contribution is 5.81. The standard InChI is InChI=1S/C18H18F3N5O5/c19-18(20,21)31-10-3-1-9(2-4-10)5-29-6-11-13(27)14(28)17(30-11)26-8-25-12-15(22)23-7-24-16(12)26/h1-4,7-8,11,13-14,17,27-28H,5-6H2,(H2,22,23,24)/t11-,13-,14-,17-/m1/s1. The van der Waals surface area contributed by atoms with E-state index in [-0.39, 0.29) is 24.8 Å². The Morgan fingerprint density at radius 3 is 2.55 bits per heavy atom. The van der Waals surface area contributed by atoms with Crippen LogP contribution >= 0.6 is 0 Å². The highest BCUT2D eigenvalue weighted by atomic mass is 19.4. The molecule has 3 heterocycles. The Balaban J connectivity index is 1.36. The third-order valence-electron chi connectivity index (χ3n) is 4.71. The molecular formula is C18H18F3N5O5. The van der Waals surface area contributed by atoms with Crippen LogP contribution < -0.4 is 10.5 Å². The van der Waals surface area contributed by atoms with Gasteiger partial charge in [0.1, 0.15) is 35.9 Å². The predicted molar refractivity (Wildman–Crippen MR) is 98.4 cm³/mol. The number of anilines is 1. The van der Waals surface area contributed by atoms with Gasteiger partial charge in [-0.25, -0.2) is 15.0 Å². The molecule has 0 bridgehead atoms. The second-order valence-corrected chi connectivity index (χ2v) is 6.84. The van der Waals surface area contributed by atoms with Crippen molar-refractivity contribution in [1.82, 2.24) is 19.5 Å². The molecule has 1 aliphatic rings. The zero-order valence-electron chi connectivity index (χ0n) is 15.8. The number of aliphatic hydroxyl groups is 2. The van der Waals surface area contributed by atoms with E-state index in [9.17, 15) is 23.4 Å². The number of imidazole rings is 1. The molecule has 0 aliphatic carbocycles. The number of fused-ring (bicyclic) bond motifs is 1. The van der Waals surface area contributed by atoms with Crippen LogP contribution in [-0.2, 0) is 16.1 Å². The van der Waals surface area contributed by atoms with Gasteiger partial charge in [-0.3, -0.25) is 4.57 Å². The number of hydrogen-bond donors (Lipinski definition) is 3. The number of hydrogen-bond acceptors (Lipinski definition) is 9. The molecule has 4 N–H and O–H groups in total. The Morgan fingerprint density at radius 1 is 1.10 bits per heavy atom. The molecule has 13 heteroatoms. The molecule has 1 saturated heterocycles. The van der Waals surface area contributed by atoms with Crippen LogP contribution in [0, 0.1) is 0 Å². The Hall–Kier alpha value is -3.00. The molecule has 2 aromatic heterocycles. The SMILES string of the molecule is Nc1ncnc2c1ncn2[C@@H]1O[C@H](COCc2ccc(OC(F)(F)F)cc2)[C@@H](O)[C@H]1O. The maximum absolute atomic E-state index is 12.2. The fourth-order valence-electron chi connectivity index (χ4n) is 3.23. The molecule has 0 spiro atoms. The molecule has 4 rings (SSSR count). The first-order chi connectivity index (χ1) is 14.7. The van der Waals surface area contributed by atoms with Gasteiger partial charge in [-0.2, -0.15) is 0 Å². The number of aliphatic hydroxyl groups excluding tert-OH is 2. The maximum Gasteiger partial charge on any atom is 0.573 e. The summed E-state index contributed by atoms with van der Waals surface area (Å²) < 4.78 is 53.1. The maximum atomic E-state index is 12.2. The van der Waals surface area contributed by atoms with Crippen LogP contribution in [-0.4, -0.2) is 61.0 Å². The minimum absolute atomic E-state index is 0.0530. The van der Waals surface area contributed by atoms with E-state index in [2.05, 4.69) is 19.7 Å². The minimum Gasteiger partial charge on any atom is -0.406 e. The Kier molecular flexibility index (Phi) is 5.66. The summed E-state index contributed by atoms with van der Waals surface area (Å²) in [5, 5.41) is 20.7. The fraction of sp³-hybridized carbons (Fsp3) is 0.389. The minimum atomic E-state index is -4.76. The van der Waals surface area contributed by atoms with Gasteiger partial charge in [0, 0.05) is 0 Å². The van der Waals surface area contributed by atoms with Crippen molar-refractivity contribution in [2.45, 2.75) is 37.5 Å². The lowest BCUT2D eigenvalue weighted by atomic mass is 10.1. The number of nitrogens with zero attached hydrogens (tertiary/aromatic N) is 4. The van der Waals surface area contributed by atoms with Gasteiger partial charge in [-0.1, -0.05) is 12.1 Å². The molecule has 4 atom stereocenters. The van der Waals surface area contributed by atoms with Crippen LogP contribution in [0.3, 0.4) is 0 Å². The van der Waals surface area contributed by atoms with Crippen molar-refractivity contribution >= 4 is 17.0 Å². The summed E-state index contributed by atoms with van der Waals surface area (Å²) in [6.07, 6.45) is -6.48. The average Bonchev–Trinajstić information content (AvgIpc) is 3.25. The van der Waals surface area contributed by atoms with Gasteiger partial charge >= 0.3 is 6.36 Å². The van der Waals surface area contributed by atoms with Crippen molar-refractivity contribution in [3.63, 3.8) is 0 Å². The zero-order valence-corrected chi connectivity index (χ0v) is 15.8. The van der Waals surface area contributed by atoms with Crippen molar-refractivity contribution in [2.24, 2.45) is 0 Å². The van der Waals surface area contributed by atoms with Gasteiger partial charge in [-0.15, -0.1) is 13.2 Å². The topological polar surface area (TPSA) is 138 Å². The van der Waals surface area contributed by atoms with Crippen LogP contribution in [0.5, 0.6) is 5.75 Å². The van der Waals surface area contributed by atoms with E-state index in [4.69, 9.17) is 15.2 Å². The van der Waals surface area contributed by atoms with Gasteiger partial charge in [0.15, 0.2) is 17.7 Å². The summed E-state index contributed by atoms with van der Waals surface area (Å²) in [7, 11) is 0. The number of benzene rings is 1. The zero-order chi connectivity index (χ0) is 22.2. The van der Waals surface area contributed by atoms with Crippen LogP contribution in [0.25, 0.3) is 11.2 Å². The predicted octanol–water partition coefficient (Wildman–Crippen LogP) is 1.14. The first kappa shape index (κ1) is 21.2. The van der Waals surface area contributed by atoms with Crippen molar-refractivity contribution in [3.8, 4) is 5.75 Å². The molecule has 31 heavy (non-hydrogen) atoms. The Labute approximate surface area is 173 Å². The first-order valence-electron chi connectivity index (χ1n) is 9.10. The molecule has 0 saturated carbocycles. The summed E-state index contributed by atoms with van der Waals surface area (Å²) in [6.45, 7) is -0.0172. The lowest BCUT2D eigenvalue weighted by Gasteiger charge is -2.16.